The third kappa shape index (κ3) is 2.43. The number of carbonyl (C=O) groups excluding carboxylic acids is 2. The lowest BCUT2D eigenvalue weighted by Crippen LogP contribution is -2.41. The number of halogens is 2. The Morgan fingerprint density at radius 3 is 2.53 bits per heavy atom. The molecule has 0 N–H and O–H groups in total. The van der Waals surface area contributed by atoms with Crippen molar-refractivity contribution in [3.63, 3.8) is 0 Å². The topological polar surface area (TPSA) is 46.6 Å². The van der Waals surface area contributed by atoms with Crippen molar-refractivity contribution < 1.29 is 23.1 Å². The second-order valence-corrected chi connectivity index (χ2v) is 4.28. The van der Waals surface area contributed by atoms with Gasteiger partial charge in [-0.2, -0.15) is 0 Å². The van der Waals surface area contributed by atoms with Gasteiger partial charge in [0.25, 0.3) is 5.91 Å². The summed E-state index contributed by atoms with van der Waals surface area (Å²) in [7, 11) is 1.22. The number of carbonyl (C=O) groups is 2. The number of rotatable bonds is 2. The molecular weight excluding hydrogens is 256 g/mol. The summed E-state index contributed by atoms with van der Waals surface area (Å²) in [5.41, 5.74) is -0.627. The van der Waals surface area contributed by atoms with Crippen LogP contribution in [0.2, 0.25) is 0 Å². The van der Waals surface area contributed by atoms with E-state index in [1.165, 1.54) is 13.2 Å². The van der Waals surface area contributed by atoms with Gasteiger partial charge in [-0.15, -0.1) is 0 Å². The molecule has 0 bridgehead atoms. The molecule has 0 spiro atoms. The zero-order valence-electron chi connectivity index (χ0n) is 10.4. The molecule has 1 heterocycles. The maximum atomic E-state index is 13.6. The van der Waals surface area contributed by atoms with Crippen LogP contribution in [0.4, 0.5) is 8.78 Å². The molecule has 1 aliphatic heterocycles. The molecule has 1 amide bonds. The van der Waals surface area contributed by atoms with Gasteiger partial charge in [-0.25, -0.2) is 13.6 Å². The van der Waals surface area contributed by atoms with E-state index in [4.69, 9.17) is 0 Å². The van der Waals surface area contributed by atoms with Crippen LogP contribution in [0.3, 0.4) is 0 Å². The first kappa shape index (κ1) is 13.5. The standard InChI is InChI=1S/C13H13F2NO3/c1-19-13(18)10-6-3-7-16(10)12(17)11-8(14)4-2-5-9(11)15/h2,4-5,10H,3,6-7H2,1H3/t10-/m0/s1. The summed E-state index contributed by atoms with van der Waals surface area (Å²) in [6.45, 7) is 0.284. The minimum atomic E-state index is -0.930. The number of methoxy groups -OCH3 is 1. The normalized spacial score (nSPS) is 18.5. The SMILES string of the molecule is COC(=O)[C@@H]1CCCN1C(=O)c1c(F)cccc1F. The second kappa shape index (κ2) is 5.34. The van der Waals surface area contributed by atoms with Gasteiger partial charge >= 0.3 is 5.97 Å². The highest BCUT2D eigenvalue weighted by Gasteiger charge is 2.37. The van der Waals surface area contributed by atoms with E-state index < -0.39 is 35.1 Å². The van der Waals surface area contributed by atoms with E-state index in [-0.39, 0.29) is 6.54 Å². The molecule has 4 nitrogen and oxygen atoms in total. The first-order valence-corrected chi connectivity index (χ1v) is 5.89. The highest BCUT2D eigenvalue weighted by atomic mass is 19.1. The molecule has 0 saturated carbocycles. The van der Waals surface area contributed by atoms with Crippen LogP contribution in [0, 0.1) is 11.6 Å². The second-order valence-electron chi connectivity index (χ2n) is 4.28. The van der Waals surface area contributed by atoms with E-state index >= 15 is 0 Å². The Morgan fingerprint density at radius 1 is 1.32 bits per heavy atom. The molecule has 1 saturated heterocycles. The molecule has 19 heavy (non-hydrogen) atoms. The molecule has 0 unspecified atom stereocenters. The fourth-order valence-corrected chi connectivity index (χ4v) is 2.24. The smallest absolute Gasteiger partial charge is 0.328 e. The van der Waals surface area contributed by atoms with Crippen molar-refractivity contribution in [2.45, 2.75) is 18.9 Å². The lowest BCUT2D eigenvalue weighted by Gasteiger charge is -2.23. The monoisotopic (exact) mass is 269 g/mol. The van der Waals surface area contributed by atoms with Gasteiger partial charge in [0.05, 0.1) is 7.11 Å². The molecule has 1 aromatic carbocycles. The average Bonchev–Trinajstić information content (AvgIpc) is 2.86. The Balaban J connectivity index is 2.31. The van der Waals surface area contributed by atoms with E-state index in [9.17, 15) is 18.4 Å². The number of hydrogen-bond donors (Lipinski definition) is 0. The quantitative estimate of drug-likeness (QED) is 0.768. The lowest BCUT2D eigenvalue weighted by molar-refractivity contribution is -0.145. The molecule has 0 aromatic heterocycles. The molecular formula is C13H13F2NO3. The maximum absolute atomic E-state index is 13.6. The third-order valence-electron chi connectivity index (χ3n) is 3.16. The van der Waals surface area contributed by atoms with Crippen LogP contribution in [0.5, 0.6) is 0 Å². The molecule has 1 fully saturated rings. The molecule has 1 aliphatic rings. The first-order valence-electron chi connectivity index (χ1n) is 5.89. The highest BCUT2D eigenvalue weighted by Crippen LogP contribution is 2.23. The average molecular weight is 269 g/mol. The van der Waals surface area contributed by atoms with Gasteiger partial charge in [0.1, 0.15) is 23.2 Å². The van der Waals surface area contributed by atoms with Crippen molar-refractivity contribution in [2.24, 2.45) is 0 Å². The number of ether oxygens (including phenoxy) is 1. The van der Waals surface area contributed by atoms with E-state index in [0.29, 0.717) is 12.8 Å². The van der Waals surface area contributed by atoms with Crippen molar-refractivity contribution in [3.8, 4) is 0 Å². The van der Waals surface area contributed by atoms with E-state index in [2.05, 4.69) is 4.74 Å². The Hall–Kier alpha value is -1.98. The molecule has 102 valence electrons. The predicted molar refractivity (Wildman–Crippen MR) is 62.4 cm³/mol. The number of likely N-dealkylation sites (tertiary alicyclic amines) is 1. The summed E-state index contributed by atoms with van der Waals surface area (Å²) in [5, 5.41) is 0. The molecule has 2 rings (SSSR count). The minimum Gasteiger partial charge on any atom is -0.467 e. The molecule has 0 radical (unpaired) electrons. The van der Waals surface area contributed by atoms with Gasteiger partial charge in [-0.1, -0.05) is 6.07 Å². The minimum absolute atomic E-state index is 0.284. The van der Waals surface area contributed by atoms with Crippen LogP contribution in [-0.4, -0.2) is 36.5 Å². The maximum Gasteiger partial charge on any atom is 0.328 e. The summed E-state index contributed by atoms with van der Waals surface area (Å²) < 4.78 is 31.7. The van der Waals surface area contributed by atoms with Crippen molar-refractivity contribution in [2.75, 3.05) is 13.7 Å². The summed E-state index contributed by atoms with van der Waals surface area (Å²) in [6.07, 6.45) is 1.04. The lowest BCUT2D eigenvalue weighted by atomic mass is 10.1. The molecule has 6 heteroatoms. The predicted octanol–water partition coefficient (Wildman–Crippen LogP) is 1.74. The van der Waals surface area contributed by atoms with Crippen LogP contribution in [0.15, 0.2) is 18.2 Å². The van der Waals surface area contributed by atoms with Crippen molar-refractivity contribution >= 4 is 11.9 Å². The highest BCUT2D eigenvalue weighted by molar-refractivity contribution is 5.97. The van der Waals surface area contributed by atoms with Crippen molar-refractivity contribution in [3.05, 3.63) is 35.4 Å². The number of hydrogen-bond acceptors (Lipinski definition) is 3. The van der Waals surface area contributed by atoms with E-state index in [1.54, 1.807) is 0 Å². The zero-order chi connectivity index (χ0) is 14.0. The van der Waals surface area contributed by atoms with Gasteiger partial charge in [-0.3, -0.25) is 4.79 Å². The largest absolute Gasteiger partial charge is 0.467 e. The van der Waals surface area contributed by atoms with Gasteiger partial charge in [-0.05, 0) is 25.0 Å². The fraction of sp³-hybridized carbons (Fsp3) is 0.385. The van der Waals surface area contributed by atoms with Crippen LogP contribution >= 0.6 is 0 Å². The van der Waals surface area contributed by atoms with Crippen LogP contribution in [0.25, 0.3) is 0 Å². The Kier molecular flexibility index (Phi) is 3.78. The summed E-state index contributed by atoms with van der Waals surface area (Å²) >= 11 is 0. The first-order chi connectivity index (χ1) is 9.06. The number of amides is 1. The van der Waals surface area contributed by atoms with Crippen LogP contribution in [-0.2, 0) is 9.53 Å². The third-order valence-corrected chi connectivity index (χ3v) is 3.16. The summed E-state index contributed by atoms with van der Waals surface area (Å²) in [5.74, 6) is -3.24. The van der Waals surface area contributed by atoms with Gasteiger partial charge < -0.3 is 9.64 Å². The van der Waals surface area contributed by atoms with E-state index in [1.807, 2.05) is 0 Å². The van der Waals surface area contributed by atoms with Crippen LogP contribution in [0.1, 0.15) is 23.2 Å². The number of esters is 1. The van der Waals surface area contributed by atoms with Gasteiger partial charge in [0.2, 0.25) is 0 Å². The molecule has 0 aliphatic carbocycles. The summed E-state index contributed by atoms with van der Waals surface area (Å²) in [6, 6.07) is 2.44. The Bertz CT molecular complexity index is 498. The summed E-state index contributed by atoms with van der Waals surface area (Å²) in [4.78, 5) is 24.8. The number of benzene rings is 1. The zero-order valence-corrected chi connectivity index (χ0v) is 10.4. The molecule has 1 atom stereocenters. The van der Waals surface area contributed by atoms with E-state index in [0.717, 1.165) is 17.0 Å². The Labute approximate surface area is 109 Å². The fourth-order valence-electron chi connectivity index (χ4n) is 2.24. The van der Waals surface area contributed by atoms with Gasteiger partial charge in [0.15, 0.2) is 0 Å². The van der Waals surface area contributed by atoms with Crippen LogP contribution < -0.4 is 0 Å². The van der Waals surface area contributed by atoms with Crippen molar-refractivity contribution in [1.82, 2.24) is 4.90 Å². The molecule has 1 aromatic rings. The van der Waals surface area contributed by atoms with Gasteiger partial charge in [0, 0.05) is 6.54 Å². The number of nitrogens with zero attached hydrogens (tertiary/aromatic N) is 1. The van der Waals surface area contributed by atoms with Crippen molar-refractivity contribution in [1.29, 1.82) is 0 Å². The Morgan fingerprint density at radius 2 is 1.95 bits per heavy atom.